The molecule has 0 atom stereocenters. The number of hydrogen-bond donors (Lipinski definition) is 1. The van der Waals surface area contributed by atoms with Crippen LogP contribution in [0.4, 0.5) is 4.39 Å². The molecule has 0 amide bonds. The van der Waals surface area contributed by atoms with Crippen LogP contribution in [-0.4, -0.2) is 42.6 Å². The molecular formula is C16H24FNO3. The molecule has 0 aliphatic carbocycles. The van der Waals surface area contributed by atoms with Gasteiger partial charge in [0.2, 0.25) is 0 Å². The number of hydrogen-bond acceptors (Lipinski definition) is 4. The van der Waals surface area contributed by atoms with Crippen molar-refractivity contribution >= 4 is 5.78 Å². The van der Waals surface area contributed by atoms with Gasteiger partial charge in [-0.3, -0.25) is 9.69 Å². The second-order valence-corrected chi connectivity index (χ2v) is 5.64. The van der Waals surface area contributed by atoms with Crippen molar-refractivity contribution in [2.24, 2.45) is 5.92 Å². The molecule has 0 unspecified atom stereocenters. The third-order valence-corrected chi connectivity index (χ3v) is 3.16. The molecule has 0 heterocycles. The molecule has 1 N–H and O–H groups in total. The third-order valence-electron chi connectivity index (χ3n) is 3.16. The Hall–Kier alpha value is -1.46. The molecule has 0 spiro atoms. The van der Waals surface area contributed by atoms with Crippen LogP contribution < -0.4 is 0 Å². The van der Waals surface area contributed by atoms with Crippen molar-refractivity contribution in [2.45, 2.75) is 27.3 Å². The van der Waals surface area contributed by atoms with E-state index in [4.69, 9.17) is 4.74 Å². The first-order valence-corrected chi connectivity index (χ1v) is 7.08. The van der Waals surface area contributed by atoms with Crippen molar-refractivity contribution in [3.8, 4) is 5.75 Å². The van der Waals surface area contributed by atoms with Gasteiger partial charge in [-0.15, -0.1) is 0 Å². The van der Waals surface area contributed by atoms with E-state index in [1.165, 1.54) is 13.0 Å². The molecule has 0 radical (unpaired) electrons. The molecule has 0 aromatic heterocycles. The maximum atomic E-state index is 13.6. The average Bonchev–Trinajstić information content (AvgIpc) is 2.38. The second-order valence-electron chi connectivity index (χ2n) is 5.64. The van der Waals surface area contributed by atoms with Crippen molar-refractivity contribution in [1.29, 1.82) is 0 Å². The number of Topliss-reactive ketones (excluding diaryl/α,β-unsaturated/α-hetero) is 1. The molecule has 118 valence electrons. The Labute approximate surface area is 125 Å². The lowest BCUT2D eigenvalue weighted by molar-refractivity contribution is 0.101. The van der Waals surface area contributed by atoms with Gasteiger partial charge < -0.3 is 9.84 Å². The van der Waals surface area contributed by atoms with Crippen LogP contribution in [0.2, 0.25) is 0 Å². The van der Waals surface area contributed by atoms with Crippen LogP contribution >= 0.6 is 0 Å². The summed E-state index contributed by atoms with van der Waals surface area (Å²) in [5.74, 6) is -0.551. The van der Waals surface area contributed by atoms with Gasteiger partial charge in [0.15, 0.2) is 5.78 Å². The van der Waals surface area contributed by atoms with Crippen LogP contribution in [-0.2, 0) is 11.3 Å². The summed E-state index contributed by atoms with van der Waals surface area (Å²) in [7, 11) is 1.63. The number of rotatable bonds is 8. The van der Waals surface area contributed by atoms with E-state index in [-0.39, 0.29) is 17.1 Å². The van der Waals surface area contributed by atoms with Crippen molar-refractivity contribution in [3.63, 3.8) is 0 Å². The minimum atomic E-state index is -0.510. The van der Waals surface area contributed by atoms with E-state index >= 15 is 0 Å². The minimum Gasteiger partial charge on any atom is -0.507 e. The van der Waals surface area contributed by atoms with Crippen LogP contribution in [0.1, 0.15) is 36.7 Å². The maximum absolute atomic E-state index is 13.6. The molecule has 0 saturated carbocycles. The molecule has 21 heavy (non-hydrogen) atoms. The molecule has 0 bridgehead atoms. The summed E-state index contributed by atoms with van der Waals surface area (Å²) in [6, 6.07) is 2.35. The topological polar surface area (TPSA) is 49.8 Å². The number of benzene rings is 1. The van der Waals surface area contributed by atoms with Gasteiger partial charge in [0.05, 0.1) is 12.2 Å². The first-order valence-electron chi connectivity index (χ1n) is 7.08. The Morgan fingerprint density at radius 1 is 1.43 bits per heavy atom. The van der Waals surface area contributed by atoms with E-state index in [0.717, 1.165) is 12.6 Å². The normalized spacial score (nSPS) is 11.4. The van der Waals surface area contributed by atoms with Crippen molar-refractivity contribution < 1.29 is 19.0 Å². The van der Waals surface area contributed by atoms with Gasteiger partial charge in [0.1, 0.15) is 11.6 Å². The van der Waals surface area contributed by atoms with E-state index in [0.29, 0.717) is 31.2 Å². The number of ether oxygens (including phenoxy) is 1. The fraction of sp³-hybridized carbons (Fsp3) is 0.562. The quantitative estimate of drug-likeness (QED) is 0.750. The molecule has 4 nitrogen and oxygen atoms in total. The summed E-state index contributed by atoms with van der Waals surface area (Å²) in [4.78, 5) is 13.5. The molecule has 0 saturated heterocycles. The highest BCUT2D eigenvalue weighted by Crippen LogP contribution is 2.26. The van der Waals surface area contributed by atoms with Gasteiger partial charge in [0, 0.05) is 32.3 Å². The molecule has 1 rings (SSSR count). The number of phenols is 1. The van der Waals surface area contributed by atoms with E-state index in [9.17, 15) is 14.3 Å². The summed E-state index contributed by atoms with van der Waals surface area (Å²) in [5.41, 5.74) is 0.457. The summed E-state index contributed by atoms with van der Waals surface area (Å²) < 4.78 is 18.7. The number of carbonyl (C=O) groups is 1. The van der Waals surface area contributed by atoms with Gasteiger partial charge in [0.25, 0.3) is 0 Å². The second kappa shape index (κ2) is 8.10. The number of aromatic hydroxyl groups is 1. The Balaban J connectivity index is 2.99. The largest absolute Gasteiger partial charge is 0.507 e. The van der Waals surface area contributed by atoms with Gasteiger partial charge in [-0.1, -0.05) is 13.8 Å². The first-order chi connectivity index (χ1) is 9.85. The molecule has 5 heteroatoms. The summed E-state index contributed by atoms with van der Waals surface area (Å²) >= 11 is 0. The highest BCUT2D eigenvalue weighted by Gasteiger charge is 2.16. The van der Waals surface area contributed by atoms with Crippen LogP contribution in [0.3, 0.4) is 0 Å². The Bertz CT molecular complexity index is 489. The van der Waals surface area contributed by atoms with Gasteiger partial charge in [-0.2, -0.15) is 0 Å². The summed E-state index contributed by atoms with van der Waals surface area (Å²) in [6.45, 7) is 7.91. The average molecular weight is 297 g/mol. The number of ketones is 1. The van der Waals surface area contributed by atoms with Gasteiger partial charge in [-0.05, 0) is 25.0 Å². The zero-order valence-corrected chi connectivity index (χ0v) is 13.1. The SMILES string of the molecule is COCCN(Cc1cc(F)cc(C(C)=O)c1O)CC(C)C. The van der Waals surface area contributed by atoms with Crippen LogP contribution in [0.5, 0.6) is 5.75 Å². The Morgan fingerprint density at radius 3 is 2.62 bits per heavy atom. The zero-order chi connectivity index (χ0) is 16.0. The lowest BCUT2D eigenvalue weighted by Crippen LogP contribution is -2.30. The lowest BCUT2D eigenvalue weighted by Gasteiger charge is -2.24. The minimum absolute atomic E-state index is 0.0289. The fourth-order valence-electron chi connectivity index (χ4n) is 2.26. The Kier molecular flexibility index (Phi) is 6.78. The predicted molar refractivity (Wildman–Crippen MR) is 80.1 cm³/mol. The smallest absolute Gasteiger partial charge is 0.163 e. The predicted octanol–water partition coefficient (Wildman–Crippen LogP) is 2.84. The van der Waals surface area contributed by atoms with E-state index < -0.39 is 5.82 Å². The molecule has 0 aliphatic rings. The van der Waals surface area contributed by atoms with Crippen LogP contribution in [0.15, 0.2) is 12.1 Å². The van der Waals surface area contributed by atoms with Crippen molar-refractivity contribution in [1.82, 2.24) is 4.90 Å². The van der Waals surface area contributed by atoms with Crippen LogP contribution in [0, 0.1) is 11.7 Å². The number of nitrogens with zero attached hydrogens (tertiary/aromatic N) is 1. The highest BCUT2D eigenvalue weighted by molar-refractivity contribution is 5.97. The van der Waals surface area contributed by atoms with E-state index in [1.54, 1.807) is 7.11 Å². The van der Waals surface area contributed by atoms with Crippen LogP contribution in [0.25, 0.3) is 0 Å². The summed E-state index contributed by atoms with van der Waals surface area (Å²) in [5, 5.41) is 10.1. The standard InChI is InChI=1S/C16H24FNO3/c1-11(2)9-18(5-6-21-4)10-13-7-14(17)8-15(12(3)19)16(13)20/h7-8,11,20H,5-6,9-10H2,1-4H3. The monoisotopic (exact) mass is 297 g/mol. The molecule has 0 aliphatic heterocycles. The highest BCUT2D eigenvalue weighted by atomic mass is 19.1. The molecule has 0 fully saturated rings. The number of halogens is 1. The molecule has 1 aromatic carbocycles. The van der Waals surface area contributed by atoms with Crippen molar-refractivity contribution in [2.75, 3.05) is 26.8 Å². The lowest BCUT2D eigenvalue weighted by atomic mass is 10.0. The number of carbonyl (C=O) groups excluding carboxylic acids is 1. The maximum Gasteiger partial charge on any atom is 0.163 e. The molecule has 1 aromatic rings. The molecular weight excluding hydrogens is 273 g/mol. The Morgan fingerprint density at radius 2 is 2.10 bits per heavy atom. The van der Waals surface area contributed by atoms with Crippen molar-refractivity contribution in [3.05, 3.63) is 29.1 Å². The summed E-state index contributed by atoms with van der Waals surface area (Å²) in [6.07, 6.45) is 0. The third kappa shape index (κ3) is 5.44. The van der Waals surface area contributed by atoms with E-state index in [2.05, 4.69) is 18.7 Å². The van der Waals surface area contributed by atoms with Gasteiger partial charge >= 0.3 is 0 Å². The number of phenolic OH excluding ortho intramolecular Hbond substituents is 1. The van der Waals surface area contributed by atoms with Gasteiger partial charge in [-0.25, -0.2) is 4.39 Å². The van der Waals surface area contributed by atoms with E-state index in [1.807, 2.05) is 0 Å². The number of methoxy groups -OCH3 is 1. The first kappa shape index (κ1) is 17.6. The zero-order valence-electron chi connectivity index (χ0n) is 13.1. The fourth-order valence-corrected chi connectivity index (χ4v) is 2.26.